The molecule has 0 atom stereocenters. The third-order valence-corrected chi connectivity index (χ3v) is 12.4. The minimum atomic E-state index is 0.887. The molecule has 0 amide bonds. The molecule has 0 radical (unpaired) electrons. The minimum Gasteiger partial charge on any atom is -0.455 e. The molecule has 0 bridgehead atoms. The van der Waals surface area contributed by atoms with Crippen LogP contribution in [0.25, 0.3) is 93.9 Å². The van der Waals surface area contributed by atoms with E-state index in [1.54, 1.807) is 0 Å². The van der Waals surface area contributed by atoms with Gasteiger partial charge in [-0.1, -0.05) is 176 Å². The summed E-state index contributed by atoms with van der Waals surface area (Å²) in [6.07, 6.45) is 0. The largest absolute Gasteiger partial charge is 0.455 e. The van der Waals surface area contributed by atoms with E-state index in [0.717, 1.165) is 72.5 Å². The minimum absolute atomic E-state index is 0.887. The number of hydrogen-bond acceptors (Lipinski definition) is 2. The molecule has 3 nitrogen and oxygen atoms in total. The Labute approximate surface area is 366 Å². The van der Waals surface area contributed by atoms with Gasteiger partial charge < -0.3 is 13.9 Å². The van der Waals surface area contributed by atoms with Gasteiger partial charge in [-0.25, -0.2) is 0 Å². The summed E-state index contributed by atoms with van der Waals surface area (Å²) < 4.78 is 8.91. The van der Waals surface area contributed by atoms with E-state index in [-0.39, 0.29) is 0 Å². The number of nitrogens with zero attached hydrogens (tertiary/aromatic N) is 2. The summed E-state index contributed by atoms with van der Waals surface area (Å²) in [6, 6.07) is 87.0. The Bertz CT molecular complexity index is 3570. The number of fused-ring (bicyclic) bond motifs is 6. The number of para-hydroxylation sites is 3. The SMILES string of the molecule is c1ccc(-c2ccc(-c3ccc(N(c4ccc(-c5ccc6oc7c(-c8ccccc8)cccc7c6c5)cc4)c4cccc5c4c4ccccc4n5-c4ccccc4)cc3)cc2)cc1. The summed E-state index contributed by atoms with van der Waals surface area (Å²) in [6.45, 7) is 0. The highest BCUT2D eigenvalue weighted by Crippen LogP contribution is 2.45. The summed E-state index contributed by atoms with van der Waals surface area (Å²) in [5.41, 5.74) is 17.9. The second-order valence-electron chi connectivity index (χ2n) is 16.1. The van der Waals surface area contributed by atoms with Gasteiger partial charge in [-0.15, -0.1) is 0 Å². The van der Waals surface area contributed by atoms with Crippen molar-refractivity contribution in [2.45, 2.75) is 0 Å². The van der Waals surface area contributed by atoms with Crippen LogP contribution in [-0.2, 0) is 0 Å². The highest BCUT2D eigenvalue weighted by Gasteiger charge is 2.21. The van der Waals surface area contributed by atoms with E-state index >= 15 is 0 Å². The molecule has 12 rings (SSSR count). The van der Waals surface area contributed by atoms with Crippen LogP contribution in [0.4, 0.5) is 17.1 Å². The van der Waals surface area contributed by atoms with Gasteiger partial charge in [0.15, 0.2) is 0 Å². The molecule has 0 aliphatic rings. The van der Waals surface area contributed by atoms with Gasteiger partial charge >= 0.3 is 0 Å². The third kappa shape index (κ3) is 6.38. The lowest BCUT2D eigenvalue weighted by molar-refractivity contribution is 0.670. The highest BCUT2D eigenvalue weighted by atomic mass is 16.3. The Morgan fingerprint density at radius 1 is 0.333 bits per heavy atom. The first-order valence-electron chi connectivity index (χ1n) is 21.5. The molecule has 0 aliphatic carbocycles. The van der Waals surface area contributed by atoms with Crippen molar-refractivity contribution in [3.05, 3.63) is 243 Å². The molecule has 0 saturated heterocycles. The van der Waals surface area contributed by atoms with E-state index in [1.165, 1.54) is 38.5 Å². The van der Waals surface area contributed by atoms with Crippen LogP contribution in [0.1, 0.15) is 0 Å². The van der Waals surface area contributed by atoms with Crippen LogP contribution in [0.2, 0.25) is 0 Å². The zero-order valence-electron chi connectivity index (χ0n) is 34.4. The lowest BCUT2D eigenvalue weighted by Gasteiger charge is -2.27. The maximum atomic E-state index is 6.52. The lowest BCUT2D eigenvalue weighted by atomic mass is 9.99. The van der Waals surface area contributed by atoms with Gasteiger partial charge in [-0.2, -0.15) is 0 Å². The second-order valence-corrected chi connectivity index (χ2v) is 16.1. The molecule has 0 aliphatic heterocycles. The monoisotopic (exact) mass is 804 g/mol. The molecule has 0 spiro atoms. The van der Waals surface area contributed by atoms with Crippen LogP contribution >= 0.6 is 0 Å². The summed E-state index contributed by atoms with van der Waals surface area (Å²) in [7, 11) is 0. The molecule has 10 aromatic carbocycles. The number of hydrogen-bond donors (Lipinski definition) is 0. The van der Waals surface area contributed by atoms with E-state index in [9.17, 15) is 0 Å². The molecular weight excluding hydrogens is 765 g/mol. The van der Waals surface area contributed by atoms with Crippen molar-refractivity contribution < 1.29 is 4.42 Å². The molecular formula is C60H40N2O. The first kappa shape index (κ1) is 36.5. The zero-order chi connectivity index (χ0) is 41.7. The Hall–Kier alpha value is -8.40. The topological polar surface area (TPSA) is 21.3 Å². The van der Waals surface area contributed by atoms with Gasteiger partial charge in [0.1, 0.15) is 11.2 Å². The van der Waals surface area contributed by atoms with Crippen molar-refractivity contribution in [2.24, 2.45) is 0 Å². The smallest absolute Gasteiger partial charge is 0.143 e. The molecule has 2 aromatic heterocycles. The van der Waals surface area contributed by atoms with Crippen LogP contribution < -0.4 is 4.90 Å². The van der Waals surface area contributed by atoms with Crippen LogP contribution in [0.15, 0.2) is 247 Å². The molecule has 0 saturated carbocycles. The Morgan fingerprint density at radius 2 is 0.825 bits per heavy atom. The normalized spacial score (nSPS) is 11.5. The number of furan rings is 1. The quantitative estimate of drug-likeness (QED) is 0.153. The van der Waals surface area contributed by atoms with E-state index < -0.39 is 0 Å². The second kappa shape index (κ2) is 15.3. The van der Waals surface area contributed by atoms with Crippen LogP contribution in [0, 0.1) is 0 Å². The summed E-state index contributed by atoms with van der Waals surface area (Å²) in [5, 5.41) is 4.64. The zero-order valence-corrected chi connectivity index (χ0v) is 34.4. The van der Waals surface area contributed by atoms with E-state index in [0.29, 0.717) is 0 Å². The summed E-state index contributed by atoms with van der Waals surface area (Å²) in [4.78, 5) is 2.41. The fourth-order valence-electron chi connectivity index (χ4n) is 9.38. The van der Waals surface area contributed by atoms with Crippen LogP contribution in [-0.4, -0.2) is 4.57 Å². The van der Waals surface area contributed by atoms with Crippen molar-refractivity contribution in [3.8, 4) is 50.2 Å². The predicted molar refractivity (Wildman–Crippen MR) is 264 cm³/mol. The fourth-order valence-corrected chi connectivity index (χ4v) is 9.38. The van der Waals surface area contributed by atoms with Crippen molar-refractivity contribution in [1.29, 1.82) is 0 Å². The van der Waals surface area contributed by atoms with Crippen LogP contribution in [0.5, 0.6) is 0 Å². The van der Waals surface area contributed by atoms with Crippen molar-refractivity contribution in [3.63, 3.8) is 0 Å². The third-order valence-electron chi connectivity index (χ3n) is 12.4. The van der Waals surface area contributed by atoms with Gasteiger partial charge in [-0.05, 0) is 106 Å². The Balaban J connectivity index is 0.973. The molecule has 0 fully saturated rings. The first-order valence-corrected chi connectivity index (χ1v) is 21.5. The number of anilines is 3. The molecule has 0 N–H and O–H groups in total. The summed E-state index contributed by atoms with van der Waals surface area (Å²) in [5.74, 6) is 0. The number of aromatic nitrogens is 1. The molecule has 296 valence electrons. The predicted octanol–water partition coefficient (Wildman–Crippen LogP) is 16.8. The summed E-state index contributed by atoms with van der Waals surface area (Å²) >= 11 is 0. The molecule has 2 heterocycles. The number of benzene rings is 10. The van der Waals surface area contributed by atoms with E-state index in [2.05, 4.69) is 246 Å². The van der Waals surface area contributed by atoms with Crippen molar-refractivity contribution in [1.82, 2.24) is 4.57 Å². The maximum absolute atomic E-state index is 6.52. The standard InChI is InChI=1S/C60H40N2O/c1-4-14-41(15-5-1)42-26-28-43(29-27-42)44-30-35-49(36-31-44)61(56-24-13-25-57-59(56)53-20-10-11-23-55(53)62(57)48-18-8-3-9-19-48)50-37-32-45(33-38-50)47-34-39-58-54(40-47)52-22-12-21-51(60(52)63-58)46-16-6-2-7-17-46/h1-40H. The number of rotatable bonds is 8. The van der Waals surface area contributed by atoms with Gasteiger partial charge in [0.25, 0.3) is 0 Å². The molecule has 3 heteroatoms. The van der Waals surface area contributed by atoms with Crippen LogP contribution in [0.3, 0.4) is 0 Å². The van der Waals surface area contributed by atoms with Crippen molar-refractivity contribution in [2.75, 3.05) is 4.90 Å². The average Bonchev–Trinajstić information content (AvgIpc) is 3.91. The van der Waals surface area contributed by atoms with Gasteiger partial charge in [-0.3, -0.25) is 0 Å². The lowest BCUT2D eigenvalue weighted by Crippen LogP contribution is -2.10. The Kier molecular flexibility index (Phi) is 8.83. The molecule has 63 heavy (non-hydrogen) atoms. The van der Waals surface area contributed by atoms with Gasteiger partial charge in [0, 0.05) is 44.2 Å². The molecule has 0 unspecified atom stereocenters. The molecule has 12 aromatic rings. The van der Waals surface area contributed by atoms with E-state index in [1.807, 2.05) is 6.07 Å². The van der Waals surface area contributed by atoms with Crippen molar-refractivity contribution >= 4 is 60.8 Å². The first-order chi connectivity index (χ1) is 31.2. The van der Waals surface area contributed by atoms with E-state index in [4.69, 9.17) is 4.42 Å². The van der Waals surface area contributed by atoms with Gasteiger partial charge in [0.05, 0.1) is 16.7 Å². The highest BCUT2D eigenvalue weighted by molar-refractivity contribution is 6.16. The fraction of sp³-hybridized carbons (Fsp3) is 0. The average molecular weight is 805 g/mol. The van der Waals surface area contributed by atoms with Gasteiger partial charge in [0.2, 0.25) is 0 Å². The maximum Gasteiger partial charge on any atom is 0.143 e. The Morgan fingerprint density at radius 3 is 1.49 bits per heavy atom.